The van der Waals surface area contributed by atoms with Crippen LogP contribution in [0.5, 0.6) is 5.75 Å². The minimum Gasteiger partial charge on any atom is -0.493 e. The molecule has 170 valence electrons. The van der Waals surface area contributed by atoms with Gasteiger partial charge in [-0.15, -0.1) is 12.3 Å². The Kier molecular flexibility index (Phi) is 8.43. The number of hydrogen-bond donors (Lipinski definition) is 1. The molecule has 3 rings (SSSR count). The van der Waals surface area contributed by atoms with E-state index in [0.717, 1.165) is 37.0 Å². The van der Waals surface area contributed by atoms with Gasteiger partial charge in [-0.25, -0.2) is 0 Å². The summed E-state index contributed by atoms with van der Waals surface area (Å²) in [7, 11) is 0. The molecule has 1 fully saturated rings. The normalized spacial score (nSPS) is 17.8. The first kappa shape index (κ1) is 23.5. The third kappa shape index (κ3) is 5.56. The van der Waals surface area contributed by atoms with Gasteiger partial charge in [0.05, 0.1) is 17.7 Å². The number of carbonyl (C=O) groups excluding carboxylic acids is 4. The lowest BCUT2D eigenvalue weighted by molar-refractivity contribution is -0.136. The zero-order chi connectivity index (χ0) is 22.9. The maximum absolute atomic E-state index is 13.0. The predicted molar refractivity (Wildman–Crippen MR) is 119 cm³/mol. The number of piperidine rings is 1. The van der Waals surface area contributed by atoms with Crippen LogP contribution in [0.25, 0.3) is 0 Å². The van der Waals surface area contributed by atoms with E-state index in [9.17, 15) is 19.2 Å². The van der Waals surface area contributed by atoms with Crippen molar-refractivity contribution in [3.8, 4) is 18.1 Å². The lowest BCUT2D eigenvalue weighted by Crippen LogP contribution is -2.54. The lowest BCUT2D eigenvalue weighted by Gasteiger charge is -2.27. The Labute approximate surface area is 188 Å². The molecule has 0 bridgehead atoms. The number of terminal acetylenes is 1. The Morgan fingerprint density at radius 1 is 0.969 bits per heavy atom. The average molecular weight is 439 g/mol. The predicted octanol–water partition coefficient (Wildman–Crippen LogP) is 3.61. The fraction of sp³-hybridized carbons (Fsp3) is 0.520. The molecule has 1 aromatic carbocycles. The molecule has 7 heteroatoms. The van der Waals surface area contributed by atoms with E-state index in [0.29, 0.717) is 12.4 Å². The molecule has 1 N–H and O–H groups in total. The van der Waals surface area contributed by atoms with Crippen molar-refractivity contribution in [3.63, 3.8) is 0 Å². The molecular weight excluding hydrogens is 408 g/mol. The summed E-state index contributed by atoms with van der Waals surface area (Å²) in [5.41, 5.74) is 0.441. The van der Waals surface area contributed by atoms with Crippen LogP contribution in [-0.2, 0) is 9.59 Å². The van der Waals surface area contributed by atoms with Gasteiger partial charge in [-0.05, 0) is 31.4 Å². The Morgan fingerprint density at radius 3 is 2.34 bits per heavy atom. The molecule has 1 saturated heterocycles. The standard InChI is InChI=1S/C25H30N2O5/c1-2-3-4-5-6-7-8-9-10-11-17-32-20-14-12-13-18-22(20)25(31)27(24(18)30)19-15-16-21(28)26-23(19)29/h1,12-14,19H,3-11,15-17H2,(H,26,28,29). The number of unbranched alkanes of at least 4 members (excludes halogenated alkanes) is 8. The van der Waals surface area contributed by atoms with E-state index in [-0.39, 0.29) is 24.0 Å². The smallest absolute Gasteiger partial charge is 0.266 e. The molecule has 0 radical (unpaired) electrons. The van der Waals surface area contributed by atoms with Gasteiger partial charge in [0.15, 0.2) is 0 Å². The van der Waals surface area contributed by atoms with Crippen molar-refractivity contribution in [1.82, 2.24) is 10.2 Å². The van der Waals surface area contributed by atoms with Crippen LogP contribution in [-0.4, -0.2) is 41.2 Å². The molecule has 32 heavy (non-hydrogen) atoms. The van der Waals surface area contributed by atoms with Crippen LogP contribution in [0.3, 0.4) is 0 Å². The molecule has 1 aromatic rings. The molecule has 7 nitrogen and oxygen atoms in total. The topological polar surface area (TPSA) is 92.8 Å². The average Bonchev–Trinajstić information content (AvgIpc) is 3.03. The van der Waals surface area contributed by atoms with Crippen LogP contribution in [0.4, 0.5) is 0 Å². The van der Waals surface area contributed by atoms with Crippen molar-refractivity contribution in [3.05, 3.63) is 29.3 Å². The third-order valence-corrected chi connectivity index (χ3v) is 5.90. The molecule has 2 heterocycles. The molecular formula is C25H30N2O5. The van der Waals surface area contributed by atoms with Crippen molar-refractivity contribution in [2.75, 3.05) is 6.61 Å². The van der Waals surface area contributed by atoms with Gasteiger partial charge in [-0.3, -0.25) is 29.4 Å². The van der Waals surface area contributed by atoms with Gasteiger partial charge in [0.25, 0.3) is 11.8 Å². The largest absolute Gasteiger partial charge is 0.493 e. The van der Waals surface area contributed by atoms with Crippen LogP contribution in [0, 0.1) is 12.3 Å². The summed E-state index contributed by atoms with van der Waals surface area (Å²) in [6.07, 6.45) is 15.3. The van der Waals surface area contributed by atoms with Gasteiger partial charge in [-0.1, -0.05) is 44.6 Å². The summed E-state index contributed by atoms with van der Waals surface area (Å²) >= 11 is 0. The third-order valence-electron chi connectivity index (χ3n) is 5.90. The second-order valence-electron chi connectivity index (χ2n) is 8.26. The van der Waals surface area contributed by atoms with Gasteiger partial charge < -0.3 is 4.74 Å². The zero-order valence-electron chi connectivity index (χ0n) is 18.4. The number of nitrogens with one attached hydrogen (secondary N) is 1. The molecule has 0 saturated carbocycles. The summed E-state index contributed by atoms with van der Waals surface area (Å²) in [5.74, 6) is 0.956. The molecule has 2 aliphatic rings. The molecule has 1 unspecified atom stereocenters. The van der Waals surface area contributed by atoms with Crippen LogP contribution in [0.15, 0.2) is 18.2 Å². The number of fused-ring (bicyclic) bond motifs is 1. The first-order chi connectivity index (χ1) is 15.5. The summed E-state index contributed by atoms with van der Waals surface area (Å²) in [6.45, 7) is 0.457. The number of benzene rings is 1. The fourth-order valence-corrected chi connectivity index (χ4v) is 4.18. The van der Waals surface area contributed by atoms with E-state index in [4.69, 9.17) is 11.2 Å². The van der Waals surface area contributed by atoms with E-state index in [1.165, 1.54) is 25.7 Å². The highest BCUT2D eigenvalue weighted by Gasteiger charge is 2.45. The van der Waals surface area contributed by atoms with Crippen molar-refractivity contribution < 1.29 is 23.9 Å². The van der Waals surface area contributed by atoms with Crippen LogP contribution >= 0.6 is 0 Å². The molecule has 2 aliphatic heterocycles. The number of carbonyl (C=O) groups is 4. The van der Waals surface area contributed by atoms with E-state index in [2.05, 4.69) is 11.2 Å². The Balaban J connectivity index is 1.47. The van der Waals surface area contributed by atoms with Crippen molar-refractivity contribution >= 4 is 23.6 Å². The van der Waals surface area contributed by atoms with E-state index < -0.39 is 29.7 Å². The number of hydrogen-bond acceptors (Lipinski definition) is 5. The Hall–Kier alpha value is -3.14. The summed E-state index contributed by atoms with van der Waals surface area (Å²) in [6, 6.07) is 3.94. The summed E-state index contributed by atoms with van der Waals surface area (Å²) in [4.78, 5) is 50.4. The van der Waals surface area contributed by atoms with Gasteiger partial charge >= 0.3 is 0 Å². The van der Waals surface area contributed by atoms with Crippen molar-refractivity contribution in [2.24, 2.45) is 0 Å². The van der Waals surface area contributed by atoms with Gasteiger partial charge in [0.2, 0.25) is 11.8 Å². The van der Waals surface area contributed by atoms with Crippen molar-refractivity contribution in [2.45, 2.75) is 76.7 Å². The minimum absolute atomic E-state index is 0.0953. The molecule has 0 aliphatic carbocycles. The van der Waals surface area contributed by atoms with Gasteiger partial charge in [-0.2, -0.15) is 0 Å². The monoisotopic (exact) mass is 438 g/mol. The SMILES string of the molecule is C#CCCCCCCCCCCOc1cccc2c1C(=O)N(C1CCC(=O)NC1=O)C2=O. The van der Waals surface area contributed by atoms with Crippen molar-refractivity contribution in [1.29, 1.82) is 0 Å². The number of ether oxygens (including phenoxy) is 1. The number of nitrogens with zero attached hydrogens (tertiary/aromatic N) is 1. The zero-order valence-corrected chi connectivity index (χ0v) is 18.4. The quantitative estimate of drug-likeness (QED) is 0.306. The highest BCUT2D eigenvalue weighted by atomic mass is 16.5. The molecule has 1 atom stereocenters. The maximum atomic E-state index is 13.0. The van der Waals surface area contributed by atoms with Crippen LogP contribution in [0.1, 0.15) is 91.3 Å². The highest BCUT2D eigenvalue weighted by Crippen LogP contribution is 2.33. The summed E-state index contributed by atoms with van der Waals surface area (Å²) < 4.78 is 5.85. The van der Waals surface area contributed by atoms with E-state index >= 15 is 0 Å². The van der Waals surface area contributed by atoms with Gasteiger partial charge in [0, 0.05) is 12.8 Å². The number of rotatable bonds is 12. The second kappa shape index (κ2) is 11.5. The molecule has 0 spiro atoms. The van der Waals surface area contributed by atoms with E-state index in [1.54, 1.807) is 18.2 Å². The lowest BCUT2D eigenvalue weighted by atomic mass is 10.0. The fourth-order valence-electron chi connectivity index (χ4n) is 4.18. The molecule has 4 amide bonds. The highest BCUT2D eigenvalue weighted by molar-refractivity contribution is 6.24. The first-order valence-corrected chi connectivity index (χ1v) is 11.5. The number of imide groups is 2. The van der Waals surface area contributed by atoms with Crippen LogP contribution in [0.2, 0.25) is 0 Å². The van der Waals surface area contributed by atoms with Gasteiger partial charge in [0.1, 0.15) is 11.8 Å². The molecule has 0 aromatic heterocycles. The van der Waals surface area contributed by atoms with Crippen LogP contribution < -0.4 is 10.1 Å². The first-order valence-electron chi connectivity index (χ1n) is 11.5. The second-order valence-corrected chi connectivity index (χ2v) is 8.26. The minimum atomic E-state index is -0.973. The number of amides is 4. The summed E-state index contributed by atoms with van der Waals surface area (Å²) in [5, 5.41) is 2.20. The maximum Gasteiger partial charge on any atom is 0.266 e. The Morgan fingerprint density at radius 2 is 1.66 bits per heavy atom. The Bertz CT molecular complexity index is 917. The van der Waals surface area contributed by atoms with E-state index in [1.807, 2.05) is 0 Å².